The second kappa shape index (κ2) is 6.07. The van der Waals surface area contributed by atoms with E-state index >= 15 is 0 Å². The summed E-state index contributed by atoms with van der Waals surface area (Å²) in [5, 5.41) is 0.750. The van der Waals surface area contributed by atoms with Gasteiger partial charge in [-0.3, -0.25) is 4.21 Å². The molecule has 3 atom stereocenters. The zero-order chi connectivity index (χ0) is 13.1. The fourth-order valence-electron chi connectivity index (χ4n) is 2.81. The van der Waals surface area contributed by atoms with Gasteiger partial charge < -0.3 is 5.73 Å². The van der Waals surface area contributed by atoms with Gasteiger partial charge in [-0.05, 0) is 30.9 Å². The number of nitrogen functional groups attached to an aromatic ring is 1. The van der Waals surface area contributed by atoms with Crippen LogP contribution in [-0.2, 0) is 10.8 Å². The maximum absolute atomic E-state index is 12.8. The van der Waals surface area contributed by atoms with Crippen molar-refractivity contribution < 1.29 is 4.21 Å². The van der Waals surface area contributed by atoms with Crippen molar-refractivity contribution in [1.82, 2.24) is 0 Å². The van der Waals surface area contributed by atoms with Gasteiger partial charge in [0.05, 0.1) is 20.7 Å². The van der Waals surface area contributed by atoms with Crippen LogP contribution in [0.2, 0.25) is 5.02 Å². The summed E-state index contributed by atoms with van der Waals surface area (Å²) in [5.41, 5.74) is 6.50. The summed E-state index contributed by atoms with van der Waals surface area (Å²) in [7, 11) is -1.08. The zero-order valence-corrected chi connectivity index (χ0v) is 12.3. The van der Waals surface area contributed by atoms with Gasteiger partial charge in [-0.15, -0.1) is 0 Å². The van der Waals surface area contributed by atoms with Crippen LogP contribution in [0.4, 0.5) is 5.69 Å². The summed E-state index contributed by atoms with van der Waals surface area (Å²) >= 11 is 6.16. The Morgan fingerprint density at radius 3 is 2.78 bits per heavy atom. The first kappa shape index (κ1) is 13.9. The van der Waals surface area contributed by atoms with E-state index in [4.69, 9.17) is 17.3 Å². The first-order chi connectivity index (χ1) is 8.65. The van der Waals surface area contributed by atoms with Crippen LogP contribution in [0.1, 0.15) is 39.0 Å². The minimum atomic E-state index is -1.08. The summed E-state index contributed by atoms with van der Waals surface area (Å²) in [4.78, 5) is 0.643. The van der Waals surface area contributed by atoms with E-state index in [1.165, 1.54) is 12.8 Å². The molecule has 1 aliphatic carbocycles. The normalized spacial score (nSPS) is 25.9. The van der Waals surface area contributed by atoms with Gasteiger partial charge in [-0.1, -0.05) is 43.9 Å². The second-order valence-corrected chi connectivity index (χ2v) is 6.96. The summed E-state index contributed by atoms with van der Waals surface area (Å²) in [5.74, 6) is 0.537. The van der Waals surface area contributed by atoms with Crippen molar-refractivity contribution in [2.75, 3.05) is 5.73 Å². The van der Waals surface area contributed by atoms with E-state index < -0.39 is 10.8 Å². The Kier molecular flexibility index (Phi) is 4.68. The van der Waals surface area contributed by atoms with Gasteiger partial charge in [0.25, 0.3) is 0 Å². The molecular weight excluding hydrogens is 266 g/mol. The van der Waals surface area contributed by atoms with Crippen LogP contribution >= 0.6 is 11.6 Å². The van der Waals surface area contributed by atoms with E-state index in [9.17, 15) is 4.21 Å². The molecule has 0 saturated heterocycles. The molecule has 1 aliphatic rings. The molecule has 2 rings (SSSR count). The molecule has 0 radical (unpaired) electrons. The molecule has 1 saturated carbocycles. The van der Waals surface area contributed by atoms with E-state index in [1.807, 2.05) is 0 Å². The Bertz CT molecular complexity index is 429. The van der Waals surface area contributed by atoms with Crippen molar-refractivity contribution in [2.24, 2.45) is 5.92 Å². The topological polar surface area (TPSA) is 43.1 Å². The molecule has 18 heavy (non-hydrogen) atoms. The summed E-state index contributed by atoms with van der Waals surface area (Å²) in [6.45, 7) is 2.18. The maximum Gasteiger partial charge on any atom is 0.0806 e. The van der Waals surface area contributed by atoms with Crippen molar-refractivity contribution in [2.45, 2.75) is 49.2 Å². The summed E-state index contributed by atoms with van der Waals surface area (Å²) in [6, 6.07) is 5.36. The average Bonchev–Trinajstić information content (AvgIpc) is 2.38. The molecule has 2 N–H and O–H groups in total. The highest BCUT2D eigenvalue weighted by molar-refractivity contribution is 7.86. The van der Waals surface area contributed by atoms with Crippen LogP contribution in [0.25, 0.3) is 0 Å². The van der Waals surface area contributed by atoms with Gasteiger partial charge in [-0.25, -0.2) is 0 Å². The lowest BCUT2D eigenvalue weighted by molar-refractivity contribution is 0.355. The molecule has 4 heteroatoms. The van der Waals surface area contributed by atoms with Gasteiger partial charge in [0.15, 0.2) is 0 Å². The minimum Gasteiger partial charge on any atom is -0.398 e. The van der Waals surface area contributed by atoms with Crippen molar-refractivity contribution in [3.63, 3.8) is 0 Å². The Hall–Kier alpha value is -0.540. The largest absolute Gasteiger partial charge is 0.398 e. The SMILES string of the molecule is CCC1CCCCC1S(=O)c1c(N)cccc1Cl. The number of nitrogens with two attached hydrogens (primary N) is 1. The van der Waals surface area contributed by atoms with E-state index in [0.717, 1.165) is 19.3 Å². The third-order valence-electron chi connectivity index (χ3n) is 3.84. The third-order valence-corrected chi connectivity index (χ3v) is 6.29. The molecule has 1 fully saturated rings. The first-order valence-electron chi connectivity index (χ1n) is 6.59. The van der Waals surface area contributed by atoms with Crippen LogP contribution in [0.5, 0.6) is 0 Å². The quantitative estimate of drug-likeness (QED) is 0.853. The first-order valence-corrected chi connectivity index (χ1v) is 8.18. The van der Waals surface area contributed by atoms with Crippen LogP contribution < -0.4 is 5.73 Å². The Morgan fingerprint density at radius 2 is 2.11 bits per heavy atom. The Labute approximate surface area is 116 Å². The molecule has 2 nitrogen and oxygen atoms in total. The Balaban J connectivity index is 2.30. The number of anilines is 1. The molecule has 3 unspecified atom stereocenters. The average molecular weight is 286 g/mol. The molecule has 1 aromatic rings. The lowest BCUT2D eigenvalue weighted by Gasteiger charge is -2.30. The zero-order valence-electron chi connectivity index (χ0n) is 10.7. The molecular formula is C14H20ClNOS. The van der Waals surface area contributed by atoms with E-state index in [1.54, 1.807) is 18.2 Å². The molecule has 0 spiro atoms. The van der Waals surface area contributed by atoms with Crippen molar-refractivity contribution in [1.29, 1.82) is 0 Å². The maximum atomic E-state index is 12.8. The smallest absolute Gasteiger partial charge is 0.0806 e. The fraction of sp³-hybridized carbons (Fsp3) is 0.571. The standard InChI is InChI=1S/C14H20ClNOS/c1-2-10-6-3-4-9-13(10)18(17)14-11(15)7-5-8-12(14)16/h5,7-8,10,13H,2-4,6,9,16H2,1H3. The highest BCUT2D eigenvalue weighted by Gasteiger charge is 2.31. The number of rotatable bonds is 3. The third kappa shape index (κ3) is 2.72. The number of halogens is 1. The number of hydrogen-bond donors (Lipinski definition) is 1. The number of benzene rings is 1. The van der Waals surface area contributed by atoms with Crippen molar-refractivity contribution in [3.05, 3.63) is 23.2 Å². The molecule has 0 aromatic heterocycles. The second-order valence-electron chi connectivity index (χ2n) is 4.95. The Morgan fingerprint density at radius 1 is 1.39 bits per heavy atom. The van der Waals surface area contributed by atoms with Crippen LogP contribution in [0, 0.1) is 5.92 Å². The number of hydrogen-bond acceptors (Lipinski definition) is 2. The van der Waals surface area contributed by atoms with Crippen molar-refractivity contribution in [3.8, 4) is 0 Å². The summed E-state index contributed by atoms with van der Waals surface area (Å²) < 4.78 is 12.8. The van der Waals surface area contributed by atoms with E-state index in [2.05, 4.69) is 6.92 Å². The fourth-order valence-corrected chi connectivity index (χ4v) is 5.14. The summed E-state index contributed by atoms with van der Waals surface area (Å²) in [6.07, 6.45) is 5.70. The molecule has 100 valence electrons. The minimum absolute atomic E-state index is 0.214. The van der Waals surface area contributed by atoms with Gasteiger partial charge in [0, 0.05) is 10.9 Å². The predicted octanol–water partition coefficient (Wildman–Crippen LogP) is 4.00. The molecule has 0 bridgehead atoms. The van der Waals surface area contributed by atoms with Gasteiger partial charge in [0.2, 0.25) is 0 Å². The molecule has 0 aliphatic heterocycles. The van der Waals surface area contributed by atoms with E-state index in [0.29, 0.717) is 21.5 Å². The molecule has 0 heterocycles. The van der Waals surface area contributed by atoms with Crippen molar-refractivity contribution >= 4 is 28.1 Å². The molecule has 1 aromatic carbocycles. The van der Waals surface area contributed by atoms with Gasteiger partial charge in [-0.2, -0.15) is 0 Å². The monoisotopic (exact) mass is 285 g/mol. The van der Waals surface area contributed by atoms with Gasteiger partial charge in [0.1, 0.15) is 0 Å². The highest BCUT2D eigenvalue weighted by atomic mass is 35.5. The molecule has 0 amide bonds. The predicted molar refractivity (Wildman–Crippen MR) is 78.3 cm³/mol. The lowest BCUT2D eigenvalue weighted by Crippen LogP contribution is -2.29. The van der Waals surface area contributed by atoms with Gasteiger partial charge >= 0.3 is 0 Å². The van der Waals surface area contributed by atoms with E-state index in [-0.39, 0.29) is 5.25 Å². The van der Waals surface area contributed by atoms with Crippen LogP contribution in [0.3, 0.4) is 0 Å². The van der Waals surface area contributed by atoms with Crippen LogP contribution in [0.15, 0.2) is 23.1 Å². The lowest BCUT2D eigenvalue weighted by atomic mass is 9.87. The van der Waals surface area contributed by atoms with Crippen LogP contribution in [-0.4, -0.2) is 9.46 Å². The highest BCUT2D eigenvalue weighted by Crippen LogP contribution is 2.36.